The summed E-state index contributed by atoms with van der Waals surface area (Å²) in [6.45, 7) is 2.76. The number of amides is 1. The fourth-order valence-corrected chi connectivity index (χ4v) is 2.09. The summed E-state index contributed by atoms with van der Waals surface area (Å²) >= 11 is 0. The number of aromatic nitrogens is 2. The van der Waals surface area contributed by atoms with Crippen LogP contribution in [0.15, 0.2) is 36.7 Å². The fourth-order valence-electron chi connectivity index (χ4n) is 2.09. The molecule has 2 rings (SSSR count). The summed E-state index contributed by atoms with van der Waals surface area (Å²) in [5.74, 6) is 0.284. The van der Waals surface area contributed by atoms with Gasteiger partial charge in [-0.15, -0.1) is 0 Å². The molecule has 0 fully saturated rings. The minimum absolute atomic E-state index is 0.00365. The number of ketones is 1. The first-order valence-electron chi connectivity index (χ1n) is 7.87. The first-order chi connectivity index (χ1) is 12.1. The summed E-state index contributed by atoms with van der Waals surface area (Å²) in [5.41, 5.74) is 1.91. The Morgan fingerprint density at radius 3 is 2.68 bits per heavy atom. The SMILES string of the molecule is COCCOc1ccc(CNC(=O)c2ccnc(CC(C)=O)c2)cn1. The molecule has 2 aromatic heterocycles. The van der Waals surface area contributed by atoms with Crippen LogP contribution >= 0.6 is 0 Å². The molecule has 0 aromatic carbocycles. The second-order valence-electron chi connectivity index (χ2n) is 5.44. The van der Waals surface area contributed by atoms with Crippen molar-refractivity contribution < 1.29 is 19.1 Å². The maximum Gasteiger partial charge on any atom is 0.251 e. The van der Waals surface area contributed by atoms with Crippen molar-refractivity contribution >= 4 is 11.7 Å². The smallest absolute Gasteiger partial charge is 0.251 e. The van der Waals surface area contributed by atoms with Gasteiger partial charge in [-0.25, -0.2) is 4.98 Å². The standard InChI is InChI=1S/C18H21N3O4/c1-13(22)9-16-10-15(5-6-19-16)18(23)21-12-14-3-4-17(20-11-14)25-8-7-24-2/h3-6,10-11H,7-9,12H2,1-2H3,(H,21,23). The lowest BCUT2D eigenvalue weighted by molar-refractivity contribution is -0.116. The van der Waals surface area contributed by atoms with Gasteiger partial charge in [0.25, 0.3) is 5.91 Å². The van der Waals surface area contributed by atoms with Gasteiger partial charge in [-0.05, 0) is 24.6 Å². The predicted octanol–water partition coefficient (Wildman–Crippen LogP) is 1.56. The summed E-state index contributed by atoms with van der Waals surface area (Å²) in [4.78, 5) is 31.6. The molecule has 2 aromatic rings. The van der Waals surface area contributed by atoms with Crippen molar-refractivity contribution in [2.24, 2.45) is 0 Å². The molecule has 25 heavy (non-hydrogen) atoms. The number of carbonyl (C=O) groups is 2. The second kappa shape index (κ2) is 9.48. The van der Waals surface area contributed by atoms with Gasteiger partial charge in [0.15, 0.2) is 0 Å². The van der Waals surface area contributed by atoms with Crippen molar-refractivity contribution in [3.63, 3.8) is 0 Å². The molecule has 7 nitrogen and oxygen atoms in total. The van der Waals surface area contributed by atoms with Gasteiger partial charge in [0.2, 0.25) is 5.88 Å². The Morgan fingerprint density at radius 1 is 1.16 bits per heavy atom. The molecule has 0 saturated carbocycles. The zero-order valence-electron chi connectivity index (χ0n) is 14.3. The Hall–Kier alpha value is -2.80. The quantitative estimate of drug-likeness (QED) is 0.695. The summed E-state index contributed by atoms with van der Waals surface area (Å²) in [5, 5.41) is 2.82. The third-order valence-electron chi connectivity index (χ3n) is 3.30. The van der Waals surface area contributed by atoms with Gasteiger partial charge in [-0.1, -0.05) is 6.07 Å². The van der Waals surface area contributed by atoms with Crippen LogP contribution in [0.2, 0.25) is 0 Å². The van der Waals surface area contributed by atoms with Crippen molar-refractivity contribution in [2.45, 2.75) is 19.9 Å². The van der Waals surface area contributed by atoms with Crippen LogP contribution in [0.5, 0.6) is 5.88 Å². The average molecular weight is 343 g/mol. The molecule has 0 atom stereocenters. The van der Waals surface area contributed by atoms with Crippen molar-refractivity contribution in [2.75, 3.05) is 20.3 Å². The number of hydrogen-bond donors (Lipinski definition) is 1. The van der Waals surface area contributed by atoms with Crippen LogP contribution in [-0.2, 0) is 22.5 Å². The van der Waals surface area contributed by atoms with E-state index in [1.54, 1.807) is 31.5 Å². The summed E-state index contributed by atoms with van der Waals surface area (Å²) < 4.78 is 10.3. The van der Waals surface area contributed by atoms with Gasteiger partial charge >= 0.3 is 0 Å². The topological polar surface area (TPSA) is 90.4 Å². The number of Topliss-reactive ketones (excluding diaryl/α,β-unsaturated/α-hetero) is 1. The first-order valence-corrected chi connectivity index (χ1v) is 7.87. The van der Waals surface area contributed by atoms with Crippen LogP contribution < -0.4 is 10.1 Å². The lowest BCUT2D eigenvalue weighted by atomic mass is 10.1. The molecule has 132 valence electrons. The molecular formula is C18H21N3O4. The van der Waals surface area contributed by atoms with Gasteiger partial charge in [-0.3, -0.25) is 14.6 Å². The fraction of sp³-hybridized carbons (Fsp3) is 0.333. The molecule has 0 unspecified atom stereocenters. The van der Waals surface area contributed by atoms with Gasteiger partial charge in [0.05, 0.1) is 6.61 Å². The molecule has 0 aliphatic carbocycles. The third-order valence-corrected chi connectivity index (χ3v) is 3.30. The van der Waals surface area contributed by atoms with E-state index in [1.165, 1.54) is 13.1 Å². The number of carbonyl (C=O) groups excluding carboxylic acids is 2. The highest BCUT2D eigenvalue weighted by atomic mass is 16.5. The van der Waals surface area contributed by atoms with E-state index in [1.807, 2.05) is 6.07 Å². The summed E-state index contributed by atoms with van der Waals surface area (Å²) in [6, 6.07) is 6.82. The van der Waals surface area contributed by atoms with E-state index in [2.05, 4.69) is 15.3 Å². The molecule has 2 heterocycles. The molecule has 1 N–H and O–H groups in total. The van der Waals surface area contributed by atoms with Crippen molar-refractivity contribution in [3.8, 4) is 5.88 Å². The van der Waals surface area contributed by atoms with Crippen molar-refractivity contribution in [1.82, 2.24) is 15.3 Å². The van der Waals surface area contributed by atoms with Crippen LogP contribution in [0.4, 0.5) is 0 Å². The van der Waals surface area contributed by atoms with E-state index in [4.69, 9.17) is 9.47 Å². The maximum atomic E-state index is 12.2. The van der Waals surface area contributed by atoms with E-state index in [-0.39, 0.29) is 18.1 Å². The lowest BCUT2D eigenvalue weighted by Crippen LogP contribution is -2.23. The zero-order valence-corrected chi connectivity index (χ0v) is 14.3. The lowest BCUT2D eigenvalue weighted by Gasteiger charge is -2.08. The van der Waals surface area contributed by atoms with E-state index in [9.17, 15) is 9.59 Å². The maximum absolute atomic E-state index is 12.2. The van der Waals surface area contributed by atoms with Gasteiger partial charge in [0.1, 0.15) is 12.4 Å². The molecular weight excluding hydrogens is 322 g/mol. The first kappa shape index (κ1) is 18.5. The summed E-state index contributed by atoms with van der Waals surface area (Å²) in [7, 11) is 1.61. The number of methoxy groups -OCH3 is 1. The highest BCUT2D eigenvalue weighted by molar-refractivity contribution is 5.94. The normalized spacial score (nSPS) is 10.3. The Kier molecular flexibility index (Phi) is 7.03. The highest BCUT2D eigenvalue weighted by Crippen LogP contribution is 2.08. The highest BCUT2D eigenvalue weighted by Gasteiger charge is 2.08. The molecule has 0 aliphatic heterocycles. The van der Waals surface area contributed by atoms with Crippen molar-refractivity contribution in [1.29, 1.82) is 0 Å². The van der Waals surface area contributed by atoms with Crippen LogP contribution in [-0.4, -0.2) is 42.0 Å². The number of pyridine rings is 2. The third kappa shape index (κ3) is 6.31. The number of nitrogens with one attached hydrogen (secondary N) is 1. The number of rotatable bonds is 9. The monoisotopic (exact) mass is 343 g/mol. The van der Waals surface area contributed by atoms with Gasteiger partial charge < -0.3 is 14.8 Å². The molecule has 0 aliphatic rings. The molecule has 0 bridgehead atoms. The average Bonchev–Trinajstić information content (AvgIpc) is 2.60. The van der Waals surface area contributed by atoms with Gasteiger partial charge in [0, 0.05) is 49.8 Å². The van der Waals surface area contributed by atoms with E-state index >= 15 is 0 Å². The Balaban J connectivity index is 1.88. The molecule has 1 amide bonds. The largest absolute Gasteiger partial charge is 0.475 e. The minimum Gasteiger partial charge on any atom is -0.475 e. The zero-order chi connectivity index (χ0) is 18.1. The van der Waals surface area contributed by atoms with Gasteiger partial charge in [-0.2, -0.15) is 0 Å². The molecule has 0 saturated heterocycles. The van der Waals surface area contributed by atoms with Crippen LogP contribution in [0.3, 0.4) is 0 Å². The minimum atomic E-state index is -0.229. The van der Waals surface area contributed by atoms with E-state index < -0.39 is 0 Å². The van der Waals surface area contributed by atoms with Crippen LogP contribution in [0.25, 0.3) is 0 Å². The van der Waals surface area contributed by atoms with E-state index in [0.717, 1.165) is 5.56 Å². The van der Waals surface area contributed by atoms with Crippen LogP contribution in [0.1, 0.15) is 28.5 Å². The predicted molar refractivity (Wildman–Crippen MR) is 91.4 cm³/mol. The second-order valence-corrected chi connectivity index (χ2v) is 5.44. The van der Waals surface area contributed by atoms with E-state index in [0.29, 0.717) is 36.9 Å². The summed E-state index contributed by atoms with van der Waals surface area (Å²) in [6.07, 6.45) is 3.40. The Bertz CT molecular complexity index is 717. The number of nitrogens with zero attached hydrogens (tertiary/aromatic N) is 2. The number of ether oxygens (including phenoxy) is 2. The van der Waals surface area contributed by atoms with Crippen molar-refractivity contribution in [3.05, 3.63) is 53.5 Å². The molecule has 7 heteroatoms. The molecule has 0 spiro atoms. The Labute approximate surface area is 146 Å². The van der Waals surface area contributed by atoms with Crippen LogP contribution in [0, 0.1) is 0 Å². The Morgan fingerprint density at radius 2 is 2.00 bits per heavy atom. The number of hydrogen-bond acceptors (Lipinski definition) is 6. The molecule has 0 radical (unpaired) electrons.